The first kappa shape index (κ1) is 25.8. The third kappa shape index (κ3) is 3.15. The van der Waals surface area contributed by atoms with Crippen LogP contribution in [0.5, 0.6) is 0 Å². The Morgan fingerprint density at radius 1 is 0.943 bits per heavy atom. The van der Waals surface area contributed by atoms with Gasteiger partial charge in [-0.05, 0) is 109 Å². The van der Waals surface area contributed by atoms with Gasteiger partial charge < -0.3 is 9.84 Å². The van der Waals surface area contributed by atoms with Crippen molar-refractivity contribution in [1.82, 2.24) is 0 Å². The van der Waals surface area contributed by atoms with Crippen molar-refractivity contribution in [1.29, 1.82) is 0 Å². The molecular formula is C32H52O3. The third-order valence-corrected chi connectivity index (χ3v) is 13.6. The van der Waals surface area contributed by atoms with Crippen LogP contribution < -0.4 is 0 Å². The zero-order chi connectivity index (χ0) is 25.8. The lowest BCUT2D eigenvalue weighted by atomic mass is 9.35. The average Bonchev–Trinajstić information content (AvgIpc) is 3.12. The number of fused-ring (bicyclic) bond motifs is 7. The number of ether oxygens (including phenoxy) is 1. The van der Waals surface area contributed by atoms with Gasteiger partial charge in [0.15, 0.2) is 0 Å². The molecule has 0 aromatic rings. The molecule has 0 aromatic heterocycles. The Balaban J connectivity index is 1.66. The molecule has 0 spiro atoms. The smallest absolute Gasteiger partial charge is 0.303 e. The summed E-state index contributed by atoms with van der Waals surface area (Å²) in [5.74, 6) is 2.91. The van der Waals surface area contributed by atoms with Gasteiger partial charge >= 0.3 is 5.97 Å². The van der Waals surface area contributed by atoms with Gasteiger partial charge in [0.25, 0.3) is 0 Å². The second kappa shape index (κ2) is 7.84. The minimum atomic E-state index is -0.228. The van der Waals surface area contributed by atoms with E-state index in [1.807, 2.05) is 0 Å². The standard InChI is InChI=1S/C32H52O3/c1-19(2)21-10-13-25-30(21,7)16-17-31(8)22-11-12-24-28(4,5)26(34)14-15-29(24,6)23(22)18-27(32(25,31)9)35-20(3)33/h18-19,21-22,24-27,34H,10-17H2,1-9H3/t21-,22+,24+,25-,26+,27+,29-,30-,31-,32-/m1/s1. The summed E-state index contributed by atoms with van der Waals surface area (Å²) in [6.45, 7) is 21.2. The fourth-order valence-corrected chi connectivity index (χ4v) is 11.6. The number of hydrogen-bond acceptors (Lipinski definition) is 3. The first-order chi connectivity index (χ1) is 16.1. The molecule has 0 aliphatic heterocycles. The van der Waals surface area contributed by atoms with Gasteiger partial charge in [0.2, 0.25) is 0 Å². The summed E-state index contributed by atoms with van der Waals surface area (Å²) in [4.78, 5) is 12.6. The molecule has 5 aliphatic carbocycles. The number of hydrogen-bond donors (Lipinski definition) is 1. The molecule has 4 saturated carbocycles. The average molecular weight is 485 g/mol. The maximum absolute atomic E-state index is 12.6. The number of carbonyl (C=O) groups is 1. The van der Waals surface area contributed by atoms with Crippen LogP contribution in [0, 0.1) is 56.7 Å². The van der Waals surface area contributed by atoms with Crippen LogP contribution >= 0.6 is 0 Å². The van der Waals surface area contributed by atoms with Crippen LogP contribution in [-0.4, -0.2) is 23.3 Å². The quantitative estimate of drug-likeness (QED) is 0.325. The molecular weight excluding hydrogens is 432 g/mol. The van der Waals surface area contributed by atoms with E-state index in [1.165, 1.54) is 38.5 Å². The van der Waals surface area contributed by atoms with Crippen molar-refractivity contribution in [2.75, 3.05) is 0 Å². The van der Waals surface area contributed by atoms with Gasteiger partial charge in [-0.2, -0.15) is 0 Å². The van der Waals surface area contributed by atoms with Crippen LogP contribution in [0.3, 0.4) is 0 Å². The normalized spacial score (nSPS) is 52.6. The highest BCUT2D eigenvalue weighted by atomic mass is 16.5. The van der Waals surface area contributed by atoms with E-state index in [0.717, 1.165) is 18.8 Å². The summed E-state index contributed by atoms with van der Waals surface area (Å²) in [6.07, 6.45) is 11.5. The van der Waals surface area contributed by atoms with Crippen LogP contribution in [0.15, 0.2) is 11.6 Å². The lowest BCUT2D eigenvalue weighted by Gasteiger charge is -2.70. The van der Waals surface area contributed by atoms with Crippen molar-refractivity contribution in [3.63, 3.8) is 0 Å². The molecule has 5 aliphatic rings. The molecule has 3 heteroatoms. The van der Waals surface area contributed by atoms with Gasteiger partial charge in [-0.1, -0.05) is 61.0 Å². The summed E-state index contributed by atoms with van der Waals surface area (Å²) in [6, 6.07) is 0. The first-order valence-corrected chi connectivity index (χ1v) is 14.7. The maximum atomic E-state index is 12.6. The summed E-state index contributed by atoms with van der Waals surface area (Å²) in [7, 11) is 0. The zero-order valence-electron chi connectivity index (χ0n) is 24.0. The fraction of sp³-hybridized carbons (Fsp3) is 0.906. The number of aliphatic hydroxyl groups excluding tert-OH is 1. The van der Waals surface area contributed by atoms with Gasteiger partial charge in [-0.15, -0.1) is 0 Å². The van der Waals surface area contributed by atoms with E-state index in [2.05, 4.69) is 61.5 Å². The van der Waals surface area contributed by atoms with Crippen molar-refractivity contribution < 1.29 is 14.6 Å². The van der Waals surface area contributed by atoms with E-state index in [9.17, 15) is 9.90 Å². The molecule has 35 heavy (non-hydrogen) atoms. The van der Waals surface area contributed by atoms with E-state index in [0.29, 0.717) is 29.1 Å². The summed E-state index contributed by atoms with van der Waals surface area (Å²) in [5.41, 5.74) is 1.97. The second-order valence-electron chi connectivity index (χ2n) is 15.3. The van der Waals surface area contributed by atoms with Crippen molar-refractivity contribution in [2.24, 2.45) is 56.7 Å². The molecule has 5 rings (SSSR count). The van der Waals surface area contributed by atoms with Crippen molar-refractivity contribution in [3.8, 4) is 0 Å². The molecule has 3 nitrogen and oxygen atoms in total. The molecule has 198 valence electrons. The molecule has 10 atom stereocenters. The minimum Gasteiger partial charge on any atom is -0.458 e. The lowest BCUT2D eigenvalue weighted by molar-refractivity contribution is -0.211. The van der Waals surface area contributed by atoms with E-state index >= 15 is 0 Å². The molecule has 1 N–H and O–H groups in total. The van der Waals surface area contributed by atoms with Crippen LogP contribution in [0.2, 0.25) is 0 Å². The minimum absolute atomic E-state index is 0.0453. The molecule has 0 unspecified atom stereocenters. The molecule has 0 bridgehead atoms. The van der Waals surface area contributed by atoms with Crippen molar-refractivity contribution in [3.05, 3.63) is 11.6 Å². The number of allylic oxidation sites excluding steroid dienone is 1. The monoisotopic (exact) mass is 484 g/mol. The van der Waals surface area contributed by atoms with Crippen LogP contribution in [0.1, 0.15) is 114 Å². The van der Waals surface area contributed by atoms with Crippen molar-refractivity contribution in [2.45, 2.75) is 126 Å². The summed E-state index contributed by atoms with van der Waals surface area (Å²) >= 11 is 0. The molecule has 0 heterocycles. The Kier molecular flexibility index (Phi) is 5.78. The maximum Gasteiger partial charge on any atom is 0.303 e. The van der Waals surface area contributed by atoms with Crippen molar-refractivity contribution >= 4 is 5.97 Å². The second-order valence-corrected chi connectivity index (χ2v) is 15.3. The van der Waals surface area contributed by atoms with Crippen LogP contribution in [0.4, 0.5) is 0 Å². The Morgan fingerprint density at radius 3 is 2.23 bits per heavy atom. The molecule has 0 amide bonds. The topological polar surface area (TPSA) is 46.5 Å². The summed E-state index contributed by atoms with van der Waals surface area (Å²) in [5, 5.41) is 10.9. The van der Waals surface area contributed by atoms with E-state index in [-0.39, 0.29) is 39.8 Å². The Hall–Kier alpha value is -0.830. The SMILES string of the molecule is CC(=O)O[C@H]1C=C2[C@H](CC[C@H]3C(C)(C)[C@@H](O)CC[C@]23C)[C@@]2(C)CC[C@]3(C)[C@@H](C(C)C)CC[C@H]3[C@]12C. The van der Waals surface area contributed by atoms with Crippen LogP contribution in [-0.2, 0) is 9.53 Å². The molecule has 0 saturated heterocycles. The Morgan fingerprint density at radius 2 is 1.60 bits per heavy atom. The first-order valence-electron chi connectivity index (χ1n) is 14.7. The number of aliphatic hydroxyl groups is 1. The highest BCUT2D eigenvalue weighted by Gasteiger charge is 2.71. The van der Waals surface area contributed by atoms with Gasteiger partial charge in [0.05, 0.1) is 6.10 Å². The van der Waals surface area contributed by atoms with Gasteiger partial charge in [-0.3, -0.25) is 4.79 Å². The number of esters is 1. The fourth-order valence-electron chi connectivity index (χ4n) is 11.6. The van der Waals surface area contributed by atoms with E-state index in [1.54, 1.807) is 12.5 Å². The van der Waals surface area contributed by atoms with E-state index < -0.39 is 0 Å². The Bertz CT molecular complexity index is 918. The largest absolute Gasteiger partial charge is 0.458 e. The number of rotatable bonds is 2. The highest BCUT2D eigenvalue weighted by Crippen LogP contribution is 2.76. The Labute approximate surface area is 214 Å². The third-order valence-electron chi connectivity index (χ3n) is 13.6. The lowest BCUT2D eigenvalue weighted by Crippen LogP contribution is -2.66. The van der Waals surface area contributed by atoms with Gasteiger partial charge in [-0.25, -0.2) is 0 Å². The molecule has 0 radical (unpaired) electrons. The predicted molar refractivity (Wildman–Crippen MR) is 142 cm³/mol. The summed E-state index contributed by atoms with van der Waals surface area (Å²) < 4.78 is 6.36. The zero-order valence-corrected chi connectivity index (χ0v) is 24.0. The number of carbonyl (C=O) groups excluding carboxylic acids is 1. The van der Waals surface area contributed by atoms with Crippen LogP contribution in [0.25, 0.3) is 0 Å². The van der Waals surface area contributed by atoms with Gasteiger partial charge in [0.1, 0.15) is 6.10 Å². The van der Waals surface area contributed by atoms with E-state index in [4.69, 9.17) is 4.74 Å². The molecule has 4 fully saturated rings. The molecule has 0 aromatic carbocycles. The van der Waals surface area contributed by atoms with Gasteiger partial charge in [0, 0.05) is 12.3 Å². The predicted octanol–water partition coefficient (Wildman–Crippen LogP) is 7.57. The highest BCUT2D eigenvalue weighted by molar-refractivity contribution is 5.66.